The maximum atomic E-state index is 12.6. The Morgan fingerprint density at radius 1 is 1.33 bits per heavy atom. The molecule has 5 heteroatoms. The fourth-order valence-corrected chi connectivity index (χ4v) is 3.32. The van der Waals surface area contributed by atoms with Gasteiger partial charge < -0.3 is 14.6 Å². The van der Waals surface area contributed by atoms with Crippen molar-refractivity contribution in [3.8, 4) is 6.07 Å². The standard InChI is InChI=1S/C22H27N3O2/c1-14-8-7-9-21(17(14)4)24-22(26)20(12-23)11-19-10-15(2)25(18(19)5)16(3)13-27-6/h7-11,16H,13H2,1-6H3,(H,24,26)/b20-11+. The van der Waals surface area contributed by atoms with Crippen molar-refractivity contribution in [2.45, 2.75) is 40.7 Å². The first kappa shape index (κ1) is 20.5. The van der Waals surface area contributed by atoms with Gasteiger partial charge in [-0.15, -0.1) is 0 Å². The van der Waals surface area contributed by atoms with Crippen LogP contribution in [0.15, 0.2) is 29.8 Å². The number of anilines is 1. The van der Waals surface area contributed by atoms with Gasteiger partial charge in [0, 0.05) is 24.2 Å². The second-order valence-electron chi connectivity index (χ2n) is 6.87. The van der Waals surface area contributed by atoms with E-state index in [0.29, 0.717) is 6.61 Å². The quantitative estimate of drug-likeness (QED) is 0.606. The summed E-state index contributed by atoms with van der Waals surface area (Å²) in [5.74, 6) is -0.402. The summed E-state index contributed by atoms with van der Waals surface area (Å²) in [5, 5.41) is 12.4. The van der Waals surface area contributed by atoms with E-state index in [9.17, 15) is 10.1 Å². The summed E-state index contributed by atoms with van der Waals surface area (Å²) in [5.41, 5.74) is 5.82. The third kappa shape index (κ3) is 4.47. The molecule has 1 aromatic carbocycles. The molecule has 0 fully saturated rings. The SMILES string of the molecule is COCC(C)n1c(C)cc(/C=C(\C#N)C(=O)Nc2cccc(C)c2C)c1C. The van der Waals surface area contributed by atoms with E-state index in [2.05, 4.69) is 16.8 Å². The van der Waals surface area contributed by atoms with E-state index in [0.717, 1.165) is 33.8 Å². The number of carbonyl (C=O) groups excluding carboxylic acids is 1. The van der Waals surface area contributed by atoms with Crippen LogP contribution < -0.4 is 5.32 Å². The molecular weight excluding hydrogens is 338 g/mol. The summed E-state index contributed by atoms with van der Waals surface area (Å²) in [6, 6.07) is 9.91. The van der Waals surface area contributed by atoms with E-state index in [1.54, 1.807) is 13.2 Å². The van der Waals surface area contributed by atoms with E-state index in [-0.39, 0.29) is 11.6 Å². The van der Waals surface area contributed by atoms with E-state index in [1.807, 2.05) is 58.0 Å². The first-order valence-corrected chi connectivity index (χ1v) is 8.96. The molecule has 0 aliphatic rings. The number of ether oxygens (including phenoxy) is 1. The highest BCUT2D eigenvalue weighted by Crippen LogP contribution is 2.24. The highest BCUT2D eigenvalue weighted by Gasteiger charge is 2.16. The number of amides is 1. The summed E-state index contributed by atoms with van der Waals surface area (Å²) in [6.45, 7) is 10.6. The first-order valence-electron chi connectivity index (χ1n) is 8.96. The monoisotopic (exact) mass is 365 g/mol. The lowest BCUT2D eigenvalue weighted by Crippen LogP contribution is -2.15. The zero-order valence-electron chi connectivity index (χ0n) is 16.9. The summed E-state index contributed by atoms with van der Waals surface area (Å²) >= 11 is 0. The molecule has 1 unspecified atom stereocenters. The van der Waals surface area contributed by atoms with Gasteiger partial charge in [-0.25, -0.2) is 0 Å². The minimum atomic E-state index is -0.402. The van der Waals surface area contributed by atoms with Crippen LogP contribution in [-0.2, 0) is 9.53 Å². The van der Waals surface area contributed by atoms with Crippen LogP contribution >= 0.6 is 0 Å². The predicted molar refractivity (Wildman–Crippen MR) is 109 cm³/mol. The number of hydrogen-bond donors (Lipinski definition) is 1. The van der Waals surface area contributed by atoms with Gasteiger partial charge in [-0.2, -0.15) is 5.26 Å². The Morgan fingerprint density at radius 2 is 2.04 bits per heavy atom. The van der Waals surface area contributed by atoms with Gasteiger partial charge in [-0.05, 0) is 69.5 Å². The number of methoxy groups -OCH3 is 1. The van der Waals surface area contributed by atoms with Crippen LogP contribution in [0.5, 0.6) is 0 Å². The zero-order chi connectivity index (χ0) is 20.1. The number of nitrogens with zero attached hydrogens (tertiary/aromatic N) is 2. The van der Waals surface area contributed by atoms with Crippen LogP contribution in [0.2, 0.25) is 0 Å². The molecule has 142 valence electrons. The lowest BCUT2D eigenvalue weighted by atomic mass is 10.1. The van der Waals surface area contributed by atoms with Gasteiger partial charge in [0.05, 0.1) is 12.6 Å². The maximum absolute atomic E-state index is 12.6. The van der Waals surface area contributed by atoms with E-state index < -0.39 is 5.91 Å². The van der Waals surface area contributed by atoms with Crippen molar-refractivity contribution in [2.75, 3.05) is 19.0 Å². The molecule has 1 heterocycles. The Hall–Kier alpha value is -2.84. The van der Waals surface area contributed by atoms with Gasteiger partial charge in [0.1, 0.15) is 11.6 Å². The summed E-state index contributed by atoms with van der Waals surface area (Å²) in [4.78, 5) is 12.6. The number of aromatic nitrogens is 1. The molecule has 27 heavy (non-hydrogen) atoms. The van der Waals surface area contributed by atoms with Crippen LogP contribution in [0.25, 0.3) is 6.08 Å². The van der Waals surface area contributed by atoms with Gasteiger partial charge in [-0.3, -0.25) is 4.79 Å². The van der Waals surface area contributed by atoms with Crippen molar-refractivity contribution in [2.24, 2.45) is 0 Å². The lowest BCUT2D eigenvalue weighted by Gasteiger charge is -2.17. The fraction of sp³-hybridized carbons (Fsp3) is 0.364. The number of rotatable bonds is 6. The van der Waals surface area contributed by atoms with E-state index in [1.165, 1.54) is 0 Å². The Bertz CT molecular complexity index is 916. The lowest BCUT2D eigenvalue weighted by molar-refractivity contribution is -0.112. The Labute approximate surface area is 161 Å². The average molecular weight is 365 g/mol. The molecule has 0 aliphatic carbocycles. The molecule has 1 aromatic heterocycles. The van der Waals surface area contributed by atoms with Crippen LogP contribution in [-0.4, -0.2) is 24.2 Å². The highest BCUT2D eigenvalue weighted by molar-refractivity contribution is 6.10. The Kier molecular flexibility index (Phi) is 6.59. The normalized spacial score (nSPS) is 12.6. The molecule has 0 radical (unpaired) electrons. The van der Waals surface area contributed by atoms with Crippen molar-refractivity contribution >= 4 is 17.7 Å². The van der Waals surface area contributed by atoms with Crippen molar-refractivity contribution in [3.05, 3.63) is 57.9 Å². The minimum Gasteiger partial charge on any atom is -0.383 e. The van der Waals surface area contributed by atoms with Gasteiger partial charge in [0.15, 0.2) is 0 Å². The van der Waals surface area contributed by atoms with Gasteiger partial charge >= 0.3 is 0 Å². The highest BCUT2D eigenvalue weighted by atomic mass is 16.5. The van der Waals surface area contributed by atoms with Crippen molar-refractivity contribution in [3.63, 3.8) is 0 Å². The largest absolute Gasteiger partial charge is 0.383 e. The molecule has 0 saturated heterocycles. The zero-order valence-corrected chi connectivity index (χ0v) is 16.9. The second kappa shape index (κ2) is 8.70. The van der Waals surface area contributed by atoms with Gasteiger partial charge in [-0.1, -0.05) is 12.1 Å². The summed E-state index contributed by atoms with van der Waals surface area (Å²) in [6.07, 6.45) is 1.65. The molecule has 0 bridgehead atoms. The average Bonchev–Trinajstić information content (AvgIpc) is 2.90. The summed E-state index contributed by atoms with van der Waals surface area (Å²) in [7, 11) is 1.68. The first-order chi connectivity index (χ1) is 12.8. The topological polar surface area (TPSA) is 67.0 Å². The van der Waals surface area contributed by atoms with Gasteiger partial charge in [0.25, 0.3) is 5.91 Å². The molecule has 2 aromatic rings. The molecule has 0 spiro atoms. The van der Waals surface area contributed by atoms with Crippen LogP contribution in [0.4, 0.5) is 5.69 Å². The smallest absolute Gasteiger partial charge is 0.266 e. The fourth-order valence-electron chi connectivity index (χ4n) is 3.32. The number of nitrogens with one attached hydrogen (secondary N) is 1. The molecule has 1 atom stereocenters. The molecular formula is C22H27N3O2. The number of nitriles is 1. The van der Waals surface area contributed by atoms with Gasteiger partial charge in [0.2, 0.25) is 0 Å². The van der Waals surface area contributed by atoms with Crippen molar-refractivity contribution in [1.82, 2.24) is 4.57 Å². The summed E-state index contributed by atoms with van der Waals surface area (Å²) < 4.78 is 7.41. The minimum absolute atomic E-state index is 0.0792. The van der Waals surface area contributed by atoms with Crippen LogP contribution in [0, 0.1) is 39.0 Å². The molecule has 2 rings (SSSR count). The third-order valence-electron chi connectivity index (χ3n) is 4.89. The molecule has 1 N–H and O–H groups in total. The maximum Gasteiger partial charge on any atom is 0.266 e. The number of carbonyl (C=O) groups is 1. The van der Waals surface area contributed by atoms with Crippen molar-refractivity contribution in [1.29, 1.82) is 5.26 Å². The Morgan fingerprint density at radius 3 is 2.67 bits per heavy atom. The third-order valence-corrected chi connectivity index (χ3v) is 4.89. The molecule has 0 aliphatic heterocycles. The number of aryl methyl sites for hydroxylation is 2. The molecule has 5 nitrogen and oxygen atoms in total. The predicted octanol–water partition coefficient (Wildman–Crippen LogP) is 4.47. The van der Waals surface area contributed by atoms with Crippen LogP contribution in [0.3, 0.4) is 0 Å². The number of hydrogen-bond acceptors (Lipinski definition) is 3. The Balaban J connectivity index is 2.33. The number of benzene rings is 1. The second-order valence-corrected chi connectivity index (χ2v) is 6.87. The molecule has 1 amide bonds. The van der Waals surface area contributed by atoms with E-state index >= 15 is 0 Å². The molecule has 0 saturated carbocycles. The van der Waals surface area contributed by atoms with E-state index in [4.69, 9.17) is 4.74 Å². The van der Waals surface area contributed by atoms with Crippen molar-refractivity contribution < 1.29 is 9.53 Å². The van der Waals surface area contributed by atoms with Crippen LogP contribution in [0.1, 0.15) is 41.0 Å².